The SMILES string of the molecule is CC(=O)Nc1cccc(OS(=O)(=O)N(C)C2CCCCC2)c1. The van der Waals surface area contributed by atoms with Crippen molar-refractivity contribution in [2.75, 3.05) is 12.4 Å². The van der Waals surface area contributed by atoms with Crippen molar-refractivity contribution >= 4 is 21.9 Å². The van der Waals surface area contributed by atoms with Crippen molar-refractivity contribution in [1.29, 1.82) is 0 Å². The summed E-state index contributed by atoms with van der Waals surface area (Å²) in [6.45, 7) is 1.39. The van der Waals surface area contributed by atoms with Crippen LogP contribution in [0.2, 0.25) is 0 Å². The van der Waals surface area contributed by atoms with Crippen LogP contribution in [0, 0.1) is 0 Å². The molecule has 0 radical (unpaired) electrons. The minimum Gasteiger partial charge on any atom is -0.371 e. The molecule has 0 heterocycles. The number of nitrogens with one attached hydrogen (secondary N) is 1. The first-order valence-electron chi connectivity index (χ1n) is 7.43. The second-order valence-electron chi connectivity index (χ2n) is 5.56. The zero-order chi connectivity index (χ0) is 16.2. The summed E-state index contributed by atoms with van der Waals surface area (Å²) in [5.41, 5.74) is 0.500. The first-order chi connectivity index (χ1) is 10.4. The summed E-state index contributed by atoms with van der Waals surface area (Å²) in [6.07, 6.45) is 4.98. The number of hydrogen-bond acceptors (Lipinski definition) is 4. The molecule has 1 fully saturated rings. The zero-order valence-electron chi connectivity index (χ0n) is 12.9. The highest BCUT2D eigenvalue weighted by atomic mass is 32.2. The van der Waals surface area contributed by atoms with Gasteiger partial charge in [-0.15, -0.1) is 0 Å². The fourth-order valence-electron chi connectivity index (χ4n) is 2.64. The van der Waals surface area contributed by atoms with Gasteiger partial charge < -0.3 is 9.50 Å². The van der Waals surface area contributed by atoms with E-state index in [2.05, 4.69) is 5.32 Å². The number of hydrogen-bond donors (Lipinski definition) is 1. The Kier molecular flexibility index (Phi) is 5.42. The molecular weight excluding hydrogens is 304 g/mol. The Morgan fingerprint density at radius 3 is 2.59 bits per heavy atom. The highest BCUT2D eigenvalue weighted by Gasteiger charge is 2.29. The van der Waals surface area contributed by atoms with Crippen LogP contribution in [0.3, 0.4) is 0 Å². The fraction of sp³-hybridized carbons (Fsp3) is 0.533. The van der Waals surface area contributed by atoms with E-state index >= 15 is 0 Å². The lowest BCUT2D eigenvalue weighted by Gasteiger charge is -2.29. The van der Waals surface area contributed by atoms with Crippen LogP contribution in [0.5, 0.6) is 5.75 Å². The van der Waals surface area contributed by atoms with E-state index in [1.165, 1.54) is 17.3 Å². The Bertz CT molecular complexity index is 624. The van der Waals surface area contributed by atoms with Crippen LogP contribution in [-0.2, 0) is 15.1 Å². The van der Waals surface area contributed by atoms with Gasteiger partial charge in [0.2, 0.25) is 5.91 Å². The second kappa shape index (κ2) is 7.11. The number of anilines is 1. The van der Waals surface area contributed by atoms with Gasteiger partial charge in [-0.1, -0.05) is 25.3 Å². The molecule has 1 aromatic carbocycles. The summed E-state index contributed by atoms with van der Waals surface area (Å²) in [4.78, 5) is 11.0. The molecule has 0 aliphatic heterocycles. The van der Waals surface area contributed by atoms with Gasteiger partial charge in [0.25, 0.3) is 0 Å². The molecule has 1 amide bonds. The van der Waals surface area contributed by atoms with E-state index in [1.807, 2.05) is 0 Å². The van der Waals surface area contributed by atoms with Crippen molar-refractivity contribution in [3.63, 3.8) is 0 Å². The number of carbonyl (C=O) groups is 1. The van der Waals surface area contributed by atoms with Crippen LogP contribution in [0.1, 0.15) is 39.0 Å². The van der Waals surface area contributed by atoms with Gasteiger partial charge in [-0.2, -0.15) is 12.7 Å². The number of nitrogens with zero attached hydrogens (tertiary/aromatic N) is 1. The topological polar surface area (TPSA) is 75.7 Å². The summed E-state index contributed by atoms with van der Waals surface area (Å²) < 4.78 is 31.2. The smallest absolute Gasteiger partial charge is 0.371 e. The van der Waals surface area contributed by atoms with Crippen LogP contribution in [0.25, 0.3) is 0 Å². The molecule has 0 saturated heterocycles. The van der Waals surface area contributed by atoms with E-state index in [1.54, 1.807) is 25.2 Å². The molecule has 22 heavy (non-hydrogen) atoms. The molecule has 122 valence electrons. The maximum absolute atomic E-state index is 12.3. The number of carbonyl (C=O) groups excluding carboxylic acids is 1. The van der Waals surface area contributed by atoms with Gasteiger partial charge >= 0.3 is 10.3 Å². The van der Waals surface area contributed by atoms with E-state index < -0.39 is 10.3 Å². The second-order valence-corrected chi connectivity index (χ2v) is 7.16. The molecule has 0 aromatic heterocycles. The van der Waals surface area contributed by atoms with Gasteiger partial charge in [0.05, 0.1) is 0 Å². The predicted octanol–water partition coefficient (Wildman–Crippen LogP) is 2.53. The third-order valence-corrected chi connectivity index (χ3v) is 5.20. The summed E-state index contributed by atoms with van der Waals surface area (Å²) in [6, 6.07) is 6.35. The van der Waals surface area contributed by atoms with Gasteiger partial charge in [-0.25, -0.2) is 0 Å². The van der Waals surface area contributed by atoms with Crippen LogP contribution in [0.4, 0.5) is 5.69 Å². The van der Waals surface area contributed by atoms with Gasteiger partial charge in [0, 0.05) is 31.8 Å². The molecule has 1 aliphatic rings. The van der Waals surface area contributed by atoms with Crippen molar-refractivity contribution in [1.82, 2.24) is 4.31 Å². The number of benzene rings is 1. The Balaban J connectivity index is 2.09. The molecule has 0 bridgehead atoms. The number of rotatable bonds is 5. The Hall–Kier alpha value is -1.60. The third kappa shape index (κ3) is 4.45. The van der Waals surface area contributed by atoms with Crippen LogP contribution >= 0.6 is 0 Å². The lowest BCUT2D eigenvalue weighted by atomic mass is 9.96. The fourth-order valence-corrected chi connectivity index (χ4v) is 3.68. The highest BCUT2D eigenvalue weighted by molar-refractivity contribution is 7.84. The summed E-state index contributed by atoms with van der Waals surface area (Å²) in [5.74, 6) is -0.0340. The quantitative estimate of drug-likeness (QED) is 0.902. The lowest BCUT2D eigenvalue weighted by molar-refractivity contribution is -0.114. The standard InChI is InChI=1S/C15H22N2O4S/c1-12(18)16-13-7-6-10-15(11-13)21-22(19,20)17(2)14-8-4-3-5-9-14/h6-7,10-11,14H,3-5,8-9H2,1-2H3,(H,16,18). The molecule has 1 aliphatic carbocycles. The molecule has 2 rings (SSSR count). The van der Waals surface area contributed by atoms with Gasteiger partial charge in [0.1, 0.15) is 5.75 Å². The van der Waals surface area contributed by atoms with E-state index in [9.17, 15) is 13.2 Å². The van der Waals surface area contributed by atoms with Crippen LogP contribution in [-0.4, -0.2) is 31.7 Å². The predicted molar refractivity (Wildman–Crippen MR) is 84.9 cm³/mol. The minimum atomic E-state index is -3.84. The number of amides is 1. The monoisotopic (exact) mass is 326 g/mol. The Morgan fingerprint density at radius 1 is 1.27 bits per heavy atom. The highest BCUT2D eigenvalue weighted by Crippen LogP contribution is 2.25. The van der Waals surface area contributed by atoms with E-state index in [0.29, 0.717) is 5.69 Å². The van der Waals surface area contributed by atoms with Crippen LogP contribution in [0.15, 0.2) is 24.3 Å². The zero-order valence-corrected chi connectivity index (χ0v) is 13.7. The molecule has 0 atom stereocenters. The van der Waals surface area contributed by atoms with E-state index in [0.717, 1.165) is 32.1 Å². The van der Waals surface area contributed by atoms with E-state index in [-0.39, 0.29) is 17.7 Å². The average Bonchev–Trinajstić information content (AvgIpc) is 2.46. The molecule has 0 spiro atoms. The maximum atomic E-state index is 12.3. The molecule has 1 aromatic rings. The molecule has 7 heteroatoms. The maximum Gasteiger partial charge on any atom is 0.385 e. The molecule has 0 unspecified atom stereocenters. The van der Waals surface area contributed by atoms with Crippen molar-refractivity contribution in [2.45, 2.75) is 45.1 Å². The van der Waals surface area contributed by atoms with Gasteiger partial charge in [-0.05, 0) is 25.0 Å². The lowest BCUT2D eigenvalue weighted by Crippen LogP contribution is -2.40. The van der Waals surface area contributed by atoms with Crippen molar-refractivity contribution in [2.24, 2.45) is 0 Å². The largest absolute Gasteiger partial charge is 0.385 e. The Labute approximate surface area is 131 Å². The molecule has 1 saturated carbocycles. The normalized spacial score (nSPS) is 16.5. The van der Waals surface area contributed by atoms with Gasteiger partial charge in [0.15, 0.2) is 0 Å². The first kappa shape index (κ1) is 16.8. The molecular formula is C15H22N2O4S. The third-order valence-electron chi connectivity index (χ3n) is 3.80. The van der Waals surface area contributed by atoms with Crippen LogP contribution < -0.4 is 9.50 Å². The van der Waals surface area contributed by atoms with Crippen molar-refractivity contribution in [3.05, 3.63) is 24.3 Å². The van der Waals surface area contributed by atoms with E-state index in [4.69, 9.17) is 4.18 Å². The molecule has 6 nitrogen and oxygen atoms in total. The summed E-state index contributed by atoms with van der Waals surface area (Å²) in [7, 11) is -2.28. The van der Waals surface area contributed by atoms with Gasteiger partial charge in [-0.3, -0.25) is 4.79 Å². The first-order valence-corrected chi connectivity index (χ1v) is 8.80. The summed E-state index contributed by atoms with van der Waals surface area (Å²) >= 11 is 0. The van der Waals surface area contributed by atoms with Crippen molar-refractivity contribution in [3.8, 4) is 5.75 Å². The minimum absolute atomic E-state index is 0.00252. The molecule has 1 N–H and O–H groups in total. The average molecular weight is 326 g/mol. The Morgan fingerprint density at radius 2 is 1.95 bits per heavy atom. The van der Waals surface area contributed by atoms with Crippen molar-refractivity contribution < 1.29 is 17.4 Å². The summed E-state index contributed by atoms with van der Waals surface area (Å²) in [5, 5.41) is 2.60.